The predicted octanol–water partition coefficient (Wildman–Crippen LogP) is 1.47. The van der Waals surface area contributed by atoms with Gasteiger partial charge < -0.3 is 10.8 Å². The first kappa shape index (κ1) is 9.15. The summed E-state index contributed by atoms with van der Waals surface area (Å²) in [5.41, 5.74) is 5.85. The number of aromatic carboxylic acids is 1. The Morgan fingerprint density at radius 3 is 2.64 bits per heavy atom. The lowest BCUT2D eigenvalue weighted by Crippen LogP contribution is -2.19. The molecule has 74 valence electrons. The number of hydrogen-bond donors (Lipinski definition) is 2. The van der Waals surface area contributed by atoms with E-state index in [9.17, 15) is 9.18 Å². The highest BCUT2D eigenvalue weighted by Crippen LogP contribution is 2.42. The number of carboxylic acid groups (broad SMARTS) is 1. The summed E-state index contributed by atoms with van der Waals surface area (Å²) in [6.45, 7) is 0. The lowest BCUT2D eigenvalue weighted by Gasteiger charge is -2.09. The number of carbonyl (C=O) groups is 1. The second kappa shape index (κ2) is 2.78. The van der Waals surface area contributed by atoms with Gasteiger partial charge in [0, 0.05) is 5.54 Å². The van der Waals surface area contributed by atoms with Gasteiger partial charge in [0.15, 0.2) is 0 Å². The fraction of sp³-hybridized carbons (Fsp3) is 0.300. The number of benzene rings is 1. The van der Waals surface area contributed by atoms with E-state index in [-0.39, 0.29) is 5.56 Å². The first-order chi connectivity index (χ1) is 6.53. The monoisotopic (exact) mass is 195 g/mol. The molecule has 1 fully saturated rings. The summed E-state index contributed by atoms with van der Waals surface area (Å²) in [5, 5.41) is 8.70. The third kappa shape index (κ3) is 1.37. The van der Waals surface area contributed by atoms with Gasteiger partial charge in [-0.3, -0.25) is 0 Å². The molecule has 0 spiro atoms. The van der Waals surface area contributed by atoms with E-state index < -0.39 is 17.3 Å². The maximum Gasteiger partial charge on any atom is 0.338 e. The van der Waals surface area contributed by atoms with Crippen molar-refractivity contribution >= 4 is 5.97 Å². The van der Waals surface area contributed by atoms with Gasteiger partial charge in [-0.05, 0) is 30.5 Å². The Kier molecular flexibility index (Phi) is 1.82. The molecular formula is C10H10FNO2. The molecule has 0 amide bonds. The Balaban J connectivity index is 2.46. The van der Waals surface area contributed by atoms with Crippen LogP contribution in [-0.4, -0.2) is 11.1 Å². The quantitative estimate of drug-likeness (QED) is 0.751. The number of nitrogens with two attached hydrogens (primary N) is 1. The molecule has 3 nitrogen and oxygen atoms in total. The van der Waals surface area contributed by atoms with Crippen molar-refractivity contribution in [3.8, 4) is 0 Å². The maximum absolute atomic E-state index is 13.0. The van der Waals surface area contributed by atoms with E-state index in [4.69, 9.17) is 10.8 Å². The number of rotatable bonds is 2. The van der Waals surface area contributed by atoms with Crippen molar-refractivity contribution in [3.05, 3.63) is 35.1 Å². The van der Waals surface area contributed by atoms with Gasteiger partial charge >= 0.3 is 5.97 Å². The summed E-state index contributed by atoms with van der Waals surface area (Å²) in [4.78, 5) is 10.6. The molecule has 0 aliphatic heterocycles. The number of halogens is 1. The second-order valence-electron chi connectivity index (χ2n) is 3.66. The summed E-state index contributed by atoms with van der Waals surface area (Å²) in [6.07, 6.45) is 1.66. The molecule has 0 bridgehead atoms. The summed E-state index contributed by atoms with van der Waals surface area (Å²) < 4.78 is 13.0. The zero-order valence-corrected chi connectivity index (χ0v) is 7.46. The molecule has 2 rings (SSSR count). The molecular weight excluding hydrogens is 185 g/mol. The molecule has 1 saturated carbocycles. The van der Waals surface area contributed by atoms with E-state index in [0.717, 1.165) is 18.9 Å². The first-order valence-corrected chi connectivity index (χ1v) is 4.35. The van der Waals surface area contributed by atoms with E-state index in [2.05, 4.69) is 0 Å². The average molecular weight is 195 g/mol. The molecule has 1 aromatic rings. The van der Waals surface area contributed by atoms with Crippen molar-refractivity contribution in [2.24, 2.45) is 5.73 Å². The number of carboxylic acids is 1. The number of hydrogen-bond acceptors (Lipinski definition) is 2. The molecule has 14 heavy (non-hydrogen) atoms. The fourth-order valence-corrected chi connectivity index (χ4v) is 1.42. The molecule has 0 aromatic heterocycles. The Bertz CT molecular complexity index is 399. The van der Waals surface area contributed by atoms with Gasteiger partial charge in [-0.2, -0.15) is 0 Å². The zero-order chi connectivity index (χ0) is 10.3. The molecule has 1 aromatic carbocycles. The molecule has 0 saturated heterocycles. The predicted molar refractivity (Wildman–Crippen MR) is 48.5 cm³/mol. The van der Waals surface area contributed by atoms with Crippen LogP contribution in [-0.2, 0) is 5.54 Å². The fourth-order valence-electron chi connectivity index (χ4n) is 1.42. The van der Waals surface area contributed by atoms with Crippen LogP contribution >= 0.6 is 0 Å². The van der Waals surface area contributed by atoms with Crippen LogP contribution in [0.5, 0.6) is 0 Å². The summed E-state index contributed by atoms with van der Waals surface area (Å²) in [5.74, 6) is -1.97. The van der Waals surface area contributed by atoms with Crippen molar-refractivity contribution in [2.75, 3.05) is 0 Å². The highest BCUT2D eigenvalue weighted by Gasteiger charge is 2.40. The topological polar surface area (TPSA) is 63.3 Å². The average Bonchev–Trinajstić information content (AvgIpc) is 2.85. The van der Waals surface area contributed by atoms with Crippen molar-refractivity contribution in [1.29, 1.82) is 0 Å². The van der Waals surface area contributed by atoms with Crippen molar-refractivity contribution in [1.82, 2.24) is 0 Å². The highest BCUT2D eigenvalue weighted by atomic mass is 19.1. The summed E-state index contributed by atoms with van der Waals surface area (Å²) in [6, 6.07) is 4.03. The summed E-state index contributed by atoms with van der Waals surface area (Å²) >= 11 is 0. The molecule has 4 heteroatoms. The molecule has 0 unspecified atom stereocenters. The minimum atomic E-state index is -1.26. The van der Waals surface area contributed by atoms with Crippen LogP contribution in [0.15, 0.2) is 18.2 Å². The van der Waals surface area contributed by atoms with Crippen molar-refractivity contribution < 1.29 is 14.3 Å². The lowest BCUT2D eigenvalue weighted by molar-refractivity contribution is 0.0691. The van der Waals surface area contributed by atoms with Crippen LogP contribution in [0.25, 0.3) is 0 Å². The van der Waals surface area contributed by atoms with Crippen LogP contribution in [0.4, 0.5) is 4.39 Å². The van der Waals surface area contributed by atoms with Crippen LogP contribution in [0.1, 0.15) is 28.8 Å². The minimum Gasteiger partial charge on any atom is -0.478 e. The third-order valence-corrected chi connectivity index (χ3v) is 2.56. The van der Waals surface area contributed by atoms with E-state index in [1.54, 1.807) is 6.07 Å². The van der Waals surface area contributed by atoms with E-state index in [1.807, 2.05) is 0 Å². The Morgan fingerprint density at radius 1 is 1.50 bits per heavy atom. The van der Waals surface area contributed by atoms with Crippen molar-refractivity contribution in [2.45, 2.75) is 18.4 Å². The molecule has 1 aliphatic carbocycles. The van der Waals surface area contributed by atoms with Gasteiger partial charge in [0.25, 0.3) is 0 Å². The molecule has 0 heterocycles. The smallest absolute Gasteiger partial charge is 0.338 e. The van der Waals surface area contributed by atoms with Gasteiger partial charge in [0.1, 0.15) is 5.82 Å². The minimum absolute atomic E-state index is 0.306. The third-order valence-electron chi connectivity index (χ3n) is 2.56. The SMILES string of the molecule is NC1(c2ccc(F)c(C(=O)O)c2)CC1. The second-order valence-corrected chi connectivity index (χ2v) is 3.66. The van der Waals surface area contributed by atoms with Gasteiger partial charge in [0.2, 0.25) is 0 Å². The molecule has 1 aliphatic rings. The van der Waals surface area contributed by atoms with Crippen molar-refractivity contribution in [3.63, 3.8) is 0 Å². The van der Waals surface area contributed by atoms with Gasteiger partial charge in [-0.25, -0.2) is 9.18 Å². The Labute approximate surface area is 80.3 Å². The lowest BCUT2D eigenvalue weighted by atomic mass is 10.0. The van der Waals surface area contributed by atoms with Gasteiger partial charge in [-0.15, -0.1) is 0 Å². The van der Waals surface area contributed by atoms with Crippen LogP contribution in [0.3, 0.4) is 0 Å². The van der Waals surface area contributed by atoms with E-state index in [1.165, 1.54) is 6.07 Å². The standard InChI is InChI=1S/C10H10FNO2/c11-8-2-1-6(10(12)3-4-10)5-7(8)9(13)14/h1-2,5H,3-4,12H2,(H,13,14). The first-order valence-electron chi connectivity index (χ1n) is 4.35. The van der Waals surface area contributed by atoms with Crippen LogP contribution in [0.2, 0.25) is 0 Å². The normalized spacial score (nSPS) is 17.9. The van der Waals surface area contributed by atoms with Gasteiger partial charge in [-0.1, -0.05) is 6.07 Å². The molecule has 0 radical (unpaired) electrons. The molecule has 3 N–H and O–H groups in total. The maximum atomic E-state index is 13.0. The van der Waals surface area contributed by atoms with Crippen LogP contribution < -0.4 is 5.73 Å². The summed E-state index contributed by atoms with van der Waals surface area (Å²) in [7, 11) is 0. The molecule has 0 atom stereocenters. The van der Waals surface area contributed by atoms with E-state index >= 15 is 0 Å². The van der Waals surface area contributed by atoms with E-state index in [0.29, 0.717) is 5.56 Å². The van der Waals surface area contributed by atoms with Gasteiger partial charge in [0.05, 0.1) is 5.56 Å². The highest BCUT2D eigenvalue weighted by molar-refractivity contribution is 5.88. The zero-order valence-electron chi connectivity index (χ0n) is 7.46. The Morgan fingerprint density at radius 2 is 2.14 bits per heavy atom. The van der Waals surface area contributed by atoms with Crippen LogP contribution in [0, 0.1) is 5.82 Å². The Hall–Kier alpha value is -1.42. The largest absolute Gasteiger partial charge is 0.478 e.